The van der Waals surface area contributed by atoms with Crippen LogP contribution in [0.4, 0.5) is 0 Å². The molecule has 0 aromatic carbocycles. The highest BCUT2D eigenvalue weighted by molar-refractivity contribution is 5.82. The fraction of sp³-hybridized carbons (Fsp3) is 0.882. The van der Waals surface area contributed by atoms with Crippen LogP contribution < -0.4 is 10.9 Å². The van der Waals surface area contributed by atoms with Gasteiger partial charge in [0.05, 0.1) is 12.0 Å². The molecule has 6 N–H and O–H groups in total. The first-order valence-electron chi connectivity index (χ1n) is 17.7. The van der Waals surface area contributed by atoms with Crippen molar-refractivity contribution in [3.63, 3.8) is 0 Å². The molecule has 284 valence electrons. The first-order valence-corrected chi connectivity index (χ1v) is 17.7. The summed E-state index contributed by atoms with van der Waals surface area (Å²) in [6.45, 7) is 8.95. The first-order chi connectivity index (χ1) is 22.7. The zero-order valence-electron chi connectivity index (χ0n) is 31.0. The van der Waals surface area contributed by atoms with Gasteiger partial charge in [-0.25, -0.2) is 5.01 Å². The number of hydrazine groups is 2. The molecule has 0 spiro atoms. The lowest BCUT2D eigenvalue weighted by Gasteiger charge is -2.25. The molecular formula is C34H70N6O8. The maximum Gasteiger partial charge on any atom is 0.309 e. The van der Waals surface area contributed by atoms with Gasteiger partial charge in [0.15, 0.2) is 0 Å². The van der Waals surface area contributed by atoms with Crippen molar-refractivity contribution in [1.82, 2.24) is 30.7 Å². The fourth-order valence-corrected chi connectivity index (χ4v) is 4.42. The van der Waals surface area contributed by atoms with Gasteiger partial charge in [0.2, 0.25) is 11.8 Å². The van der Waals surface area contributed by atoms with Gasteiger partial charge in [-0.15, -0.1) is 0 Å². The van der Waals surface area contributed by atoms with Crippen LogP contribution in [0.5, 0.6) is 0 Å². The van der Waals surface area contributed by atoms with E-state index in [4.69, 9.17) is 20.4 Å². The smallest absolute Gasteiger partial charge is 0.309 e. The number of likely N-dealkylation sites (N-methyl/N-ethyl adjacent to an activating group) is 2. The molecule has 0 radical (unpaired) electrons. The molecule has 14 heteroatoms. The van der Waals surface area contributed by atoms with E-state index in [9.17, 15) is 19.2 Å². The second-order valence-electron chi connectivity index (χ2n) is 13.5. The Labute approximate surface area is 290 Å². The molecule has 0 saturated heterocycles. The minimum absolute atomic E-state index is 0.00984. The molecule has 48 heavy (non-hydrogen) atoms. The van der Waals surface area contributed by atoms with Crippen molar-refractivity contribution in [3.05, 3.63) is 0 Å². The molecule has 0 rings (SSSR count). The highest BCUT2D eigenvalue weighted by Crippen LogP contribution is 2.23. The van der Waals surface area contributed by atoms with Crippen molar-refractivity contribution in [2.45, 2.75) is 110 Å². The average Bonchev–Trinajstić information content (AvgIpc) is 3.01. The number of carbonyl (C=O) groups is 4. The van der Waals surface area contributed by atoms with Crippen molar-refractivity contribution >= 4 is 23.8 Å². The molecule has 2 amide bonds. The Morgan fingerprint density at radius 1 is 0.604 bits per heavy atom. The lowest BCUT2D eigenvalue weighted by molar-refractivity contribution is -0.148. The molecule has 0 aromatic heterocycles. The Morgan fingerprint density at radius 2 is 1.15 bits per heavy atom. The van der Waals surface area contributed by atoms with Gasteiger partial charge in [0.25, 0.3) is 0 Å². The molecule has 0 aliphatic heterocycles. The number of carboxylic acids is 2. The Balaban J connectivity index is 0. The van der Waals surface area contributed by atoms with Gasteiger partial charge in [-0.2, -0.15) is 0 Å². The molecular weight excluding hydrogens is 620 g/mol. The number of hydrogen-bond donors (Lipinski definition) is 6. The number of nitrogens with zero attached hydrogens (tertiary/aromatic N) is 4. The molecule has 0 atom stereocenters. The van der Waals surface area contributed by atoms with E-state index in [2.05, 4.69) is 34.9 Å². The van der Waals surface area contributed by atoms with Gasteiger partial charge in [-0.3, -0.25) is 35.0 Å². The van der Waals surface area contributed by atoms with Crippen LogP contribution in [0.25, 0.3) is 0 Å². The largest absolute Gasteiger partial charge is 0.481 e. The van der Waals surface area contributed by atoms with Crippen molar-refractivity contribution in [2.24, 2.45) is 5.41 Å². The highest BCUT2D eigenvalue weighted by Gasteiger charge is 2.27. The first kappa shape index (κ1) is 47.8. The minimum atomic E-state index is -0.908. The summed E-state index contributed by atoms with van der Waals surface area (Å²) in [7, 11) is 7.92. The quantitative estimate of drug-likeness (QED) is 0.0499. The second kappa shape index (κ2) is 30.7. The van der Waals surface area contributed by atoms with Crippen molar-refractivity contribution in [2.75, 3.05) is 80.7 Å². The number of aliphatic hydroxyl groups is 2. The third-order valence-electron chi connectivity index (χ3n) is 7.72. The molecule has 0 aromatic rings. The van der Waals surface area contributed by atoms with Crippen LogP contribution in [-0.2, 0) is 19.2 Å². The van der Waals surface area contributed by atoms with Gasteiger partial charge in [-0.1, -0.05) is 25.7 Å². The molecule has 0 bridgehead atoms. The summed E-state index contributed by atoms with van der Waals surface area (Å²) in [6.07, 6.45) is 10.7. The summed E-state index contributed by atoms with van der Waals surface area (Å²) in [6, 6.07) is 0. The SMILES string of the molecule is CN(C)CCN(CCCCCCO)NCCCCCCO.CN(C)CCN(NC(=O)CCCCC(=O)O)C(=O)CCCC(C)(C)C(=O)O. The number of nitrogens with one attached hydrogen (secondary N) is 2. The Morgan fingerprint density at radius 3 is 1.69 bits per heavy atom. The van der Waals surface area contributed by atoms with Crippen molar-refractivity contribution in [3.8, 4) is 0 Å². The Hall–Kier alpha value is -2.36. The van der Waals surface area contributed by atoms with E-state index in [1.807, 2.05) is 19.0 Å². The standard InChI is InChI=1S/C18H33N3O6.C16H37N3O2/c1-18(2,17(26)27)11-7-9-15(23)21(13-12-20(3)4)19-14(22)8-5-6-10-16(24)25;1-18(2)13-14-19(12-8-4-6-10-16-21)17-11-7-3-5-9-15-20/h5-13H2,1-4H3,(H,19,22)(H,24,25)(H,26,27);17,20-21H,3-16H2,1-2H3. The number of hydrogen-bond acceptors (Lipinski definition) is 10. The number of carbonyl (C=O) groups excluding carboxylic acids is 2. The molecule has 0 saturated carbocycles. The van der Waals surface area contributed by atoms with Crippen LogP contribution in [0.15, 0.2) is 0 Å². The average molecular weight is 691 g/mol. The summed E-state index contributed by atoms with van der Waals surface area (Å²) in [4.78, 5) is 50.2. The number of unbranched alkanes of at least 4 members (excludes halogenated alkanes) is 7. The van der Waals surface area contributed by atoms with E-state index in [1.54, 1.807) is 13.8 Å². The zero-order chi connectivity index (χ0) is 36.8. The van der Waals surface area contributed by atoms with E-state index in [-0.39, 0.29) is 31.1 Å². The van der Waals surface area contributed by atoms with Crippen molar-refractivity contribution < 1.29 is 39.6 Å². The predicted molar refractivity (Wildman–Crippen MR) is 189 cm³/mol. The summed E-state index contributed by atoms with van der Waals surface area (Å²) in [5.41, 5.74) is 5.22. The molecule has 0 aliphatic rings. The second-order valence-corrected chi connectivity index (χ2v) is 13.5. The van der Waals surface area contributed by atoms with Gasteiger partial charge < -0.3 is 30.2 Å². The maximum atomic E-state index is 12.4. The minimum Gasteiger partial charge on any atom is -0.481 e. The van der Waals surface area contributed by atoms with Crippen LogP contribution in [0.3, 0.4) is 0 Å². The zero-order valence-corrected chi connectivity index (χ0v) is 31.0. The number of amides is 2. The lowest BCUT2D eigenvalue weighted by Crippen LogP contribution is -2.48. The Kier molecular flexibility index (Phi) is 30.5. The van der Waals surface area contributed by atoms with Crippen LogP contribution in [0.1, 0.15) is 110 Å². The normalized spacial score (nSPS) is 11.5. The monoisotopic (exact) mass is 691 g/mol. The predicted octanol–water partition coefficient (Wildman–Crippen LogP) is 2.79. The Bertz CT molecular complexity index is 844. The van der Waals surface area contributed by atoms with Crippen molar-refractivity contribution in [1.29, 1.82) is 0 Å². The topological polar surface area (TPSA) is 186 Å². The van der Waals surface area contributed by atoms with Crippen LogP contribution in [-0.4, -0.2) is 145 Å². The molecule has 0 unspecified atom stereocenters. The number of aliphatic hydroxyl groups excluding tert-OH is 2. The molecule has 0 fully saturated rings. The number of aliphatic carboxylic acids is 2. The van der Waals surface area contributed by atoms with Crippen LogP contribution in [0.2, 0.25) is 0 Å². The molecule has 14 nitrogen and oxygen atoms in total. The summed E-state index contributed by atoms with van der Waals surface area (Å²) in [5.74, 6) is -2.41. The summed E-state index contributed by atoms with van der Waals surface area (Å²) >= 11 is 0. The van der Waals surface area contributed by atoms with E-state index in [0.29, 0.717) is 52.0 Å². The van der Waals surface area contributed by atoms with Gasteiger partial charge in [-0.05, 0) is 93.4 Å². The summed E-state index contributed by atoms with van der Waals surface area (Å²) < 4.78 is 0. The third kappa shape index (κ3) is 30.9. The summed E-state index contributed by atoms with van der Waals surface area (Å²) in [5, 5.41) is 38.9. The van der Waals surface area contributed by atoms with Gasteiger partial charge >= 0.3 is 11.9 Å². The number of carboxylic acid groups (broad SMARTS) is 2. The van der Waals surface area contributed by atoms with Gasteiger partial charge in [0, 0.05) is 65.2 Å². The molecule has 0 heterocycles. The van der Waals surface area contributed by atoms with E-state index in [1.165, 1.54) is 30.7 Å². The number of rotatable bonds is 29. The van der Waals surface area contributed by atoms with E-state index < -0.39 is 17.4 Å². The molecule has 0 aliphatic carbocycles. The fourth-order valence-electron chi connectivity index (χ4n) is 4.42. The highest BCUT2D eigenvalue weighted by atomic mass is 16.4. The maximum absolute atomic E-state index is 12.4. The van der Waals surface area contributed by atoms with Crippen LogP contribution >= 0.6 is 0 Å². The van der Waals surface area contributed by atoms with Gasteiger partial charge in [0.1, 0.15) is 0 Å². The third-order valence-corrected chi connectivity index (χ3v) is 7.72. The van der Waals surface area contributed by atoms with E-state index in [0.717, 1.165) is 51.9 Å². The lowest BCUT2D eigenvalue weighted by atomic mass is 9.87. The van der Waals surface area contributed by atoms with Crippen LogP contribution in [0, 0.1) is 5.41 Å². The van der Waals surface area contributed by atoms with E-state index >= 15 is 0 Å².